The molecule has 0 fully saturated rings. The Morgan fingerprint density at radius 1 is 1.35 bits per heavy atom. The first-order valence-corrected chi connectivity index (χ1v) is 5.57. The second-order valence-electron chi connectivity index (χ2n) is 4.72. The Bertz CT molecular complexity index is 416. The molecular formula is C12H16ClF2NO. The molecule has 0 aliphatic carbocycles. The Kier molecular flexibility index (Phi) is 4.47. The van der Waals surface area contributed by atoms with Crippen molar-refractivity contribution in [3.8, 4) is 0 Å². The van der Waals surface area contributed by atoms with Gasteiger partial charge in [0.15, 0.2) is 11.6 Å². The number of nitrogens with two attached hydrogens (primary N) is 1. The SMILES string of the molecule is COCc1c(Cl)cc(CC(C)(C)N)c(F)c1F. The molecule has 5 heteroatoms. The second kappa shape index (κ2) is 5.29. The summed E-state index contributed by atoms with van der Waals surface area (Å²) in [5, 5.41) is 0.157. The van der Waals surface area contributed by atoms with E-state index in [1.165, 1.54) is 13.2 Å². The zero-order valence-corrected chi connectivity index (χ0v) is 10.9. The molecule has 1 rings (SSSR count). The molecule has 1 aromatic rings. The zero-order chi connectivity index (χ0) is 13.2. The van der Waals surface area contributed by atoms with Crippen molar-refractivity contribution >= 4 is 11.6 Å². The van der Waals surface area contributed by atoms with Crippen LogP contribution >= 0.6 is 11.6 Å². The highest BCUT2D eigenvalue weighted by Crippen LogP contribution is 2.27. The summed E-state index contributed by atoms with van der Waals surface area (Å²) in [4.78, 5) is 0. The molecule has 0 saturated heterocycles. The summed E-state index contributed by atoms with van der Waals surface area (Å²) in [6.45, 7) is 3.41. The van der Waals surface area contributed by atoms with Gasteiger partial charge >= 0.3 is 0 Å². The number of methoxy groups -OCH3 is 1. The van der Waals surface area contributed by atoms with Gasteiger partial charge in [0.25, 0.3) is 0 Å². The van der Waals surface area contributed by atoms with Gasteiger partial charge in [0, 0.05) is 23.2 Å². The average Bonchev–Trinajstić information content (AvgIpc) is 2.19. The summed E-state index contributed by atoms with van der Waals surface area (Å²) in [6.07, 6.45) is 0.211. The molecule has 0 aliphatic rings. The third-order valence-corrected chi connectivity index (χ3v) is 2.60. The molecule has 0 spiro atoms. The van der Waals surface area contributed by atoms with Crippen LogP contribution in [0.25, 0.3) is 0 Å². The van der Waals surface area contributed by atoms with Gasteiger partial charge in [0.1, 0.15) is 0 Å². The van der Waals surface area contributed by atoms with Crippen LogP contribution in [0.1, 0.15) is 25.0 Å². The molecule has 0 radical (unpaired) electrons. The van der Waals surface area contributed by atoms with Crippen LogP contribution in [0.2, 0.25) is 5.02 Å². The summed E-state index contributed by atoms with van der Waals surface area (Å²) < 4.78 is 32.2. The fraction of sp³-hybridized carbons (Fsp3) is 0.500. The minimum atomic E-state index is -0.960. The first-order valence-electron chi connectivity index (χ1n) is 5.19. The van der Waals surface area contributed by atoms with Crippen LogP contribution in [0.3, 0.4) is 0 Å². The van der Waals surface area contributed by atoms with Crippen molar-refractivity contribution < 1.29 is 13.5 Å². The van der Waals surface area contributed by atoms with Crippen LogP contribution in [0.4, 0.5) is 8.78 Å². The number of ether oxygens (including phenoxy) is 1. The first kappa shape index (κ1) is 14.4. The van der Waals surface area contributed by atoms with E-state index in [-0.39, 0.29) is 29.2 Å². The predicted octanol–water partition coefficient (Wildman–Crippen LogP) is 3.04. The molecule has 96 valence electrons. The fourth-order valence-corrected chi connectivity index (χ4v) is 1.85. The average molecular weight is 264 g/mol. The number of halogens is 3. The van der Waals surface area contributed by atoms with Crippen LogP contribution in [0.15, 0.2) is 6.07 Å². The van der Waals surface area contributed by atoms with Gasteiger partial charge in [-0.15, -0.1) is 0 Å². The zero-order valence-electron chi connectivity index (χ0n) is 10.1. The molecule has 0 unspecified atom stereocenters. The number of hydrogen-bond donors (Lipinski definition) is 1. The maximum absolute atomic E-state index is 13.8. The van der Waals surface area contributed by atoms with Crippen molar-refractivity contribution in [1.29, 1.82) is 0 Å². The summed E-state index contributed by atoms with van der Waals surface area (Å²) >= 11 is 5.89. The molecular weight excluding hydrogens is 248 g/mol. The Morgan fingerprint density at radius 3 is 2.41 bits per heavy atom. The van der Waals surface area contributed by atoms with Crippen molar-refractivity contribution in [3.05, 3.63) is 33.9 Å². The Morgan fingerprint density at radius 2 is 1.94 bits per heavy atom. The van der Waals surface area contributed by atoms with Crippen molar-refractivity contribution in [1.82, 2.24) is 0 Å². The highest BCUT2D eigenvalue weighted by molar-refractivity contribution is 6.31. The van der Waals surface area contributed by atoms with Crippen molar-refractivity contribution in [2.75, 3.05) is 7.11 Å². The maximum Gasteiger partial charge on any atom is 0.166 e. The molecule has 0 atom stereocenters. The largest absolute Gasteiger partial charge is 0.380 e. The molecule has 0 aliphatic heterocycles. The van der Waals surface area contributed by atoms with Gasteiger partial charge in [0.05, 0.1) is 6.61 Å². The smallest absolute Gasteiger partial charge is 0.166 e. The third-order valence-electron chi connectivity index (χ3n) is 2.26. The lowest BCUT2D eigenvalue weighted by Gasteiger charge is -2.20. The quantitative estimate of drug-likeness (QED) is 0.848. The van der Waals surface area contributed by atoms with Gasteiger partial charge in [-0.25, -0.2) is 8.78 Å². The highest BCUT2D eigenvalue weighted by Gasteiger charge is 2.21. The van der Waals surface area contributed by atoms with Crippen molar-refractivity contribution in [2.24, 2.45) is 5.73 Å². The van der Waals surface area contributed by atoms with E-state index in [1.807, 2.05) is 0 Å². The molecule has 0 saturated carbocycles. The van der Waals surface area contributed by atoms with Crippen LogP contribution < -0.4 is 5.73 Å². The summed E-state index contributed by atoms with van der Waals surface area (Å²) in [5.74, 6) is -1.86. The molecule has 0 bridgehead atoms. The Labute approximate surface area is 105 Å². The number of benzene rings is 1. The van der Waals surface area contributed by atoms with Gasteiger partial charge in [0.2, 0.25) is 0 Å². The van der Waals surface area contributed by atoms with Gasteiger partial charge in [-0.1, -0.05) is 11.6 Å². The minimum absolute atomic E-state index is 0.0326. The normalized spacial score (nSPS) is 11.9. The molecule has 0 heterocycles. The van der Waals surface area contributed by atoms with E-state index in [1.54, 1.807) is 13.8 Å². The van der Waals surface area contributed by atoms with Crippen LogP contribution in [-0.2, 0) is 17.8 Å². The molecule has 2 nitrogen and oxygen atoms in total. The van der Waals surface area contributed by atoms with Crippen LogP contribution in [0.5, 0.6) is 0 Å². The number of rotatable bonds is 4. The Hall–Kier alpha value is -0.710. The number of hydrogen-bond acceptors (Lipinski definition) is 2. The van der Waals surface area contributed by atoms with E-state index in [2.05, 4.69) is 0 Å². The van der Waals surface area contributed by atoms with E-state index in [9.17, 15) is 8.78 Å². The van der Waals surface area contributed by atoms with Crippen LogP contribution in [-0.4, -0.2) is 12.6 Å². The maximum atomic E-state index is 13.8. The van der Waals surface area contributed by atoms with E-state index in [0.717, 1.165) is 0 Å². The molecule has 1 aromatic carbocycles. The third kappa shape index (κ3) is 3.63. The first-order chi connectivity index (χ1) is 7.76. The lowest BCUT2D eigenvalue weighted by atomic mass is 9.95. The topological polar surface area (TPSA) is 35.2 Å². The summed E-state index contributed by atoms with van der Waals surface area (Å²) in [6, 6.07) is 1.41. The van der Waals surface area contributed by atoms with Gasteiger partial charge in [-0.05, 0) is 31.9 Å². The molecule has 2 N–H and O–H groups in total. The second-order valence-corrected chi connectivity index (χ2v) is 5.13. The lowest BCUT2D eigenvalue weighted by Crippen LogP contribution is -2.34. The van der Waals surface area contributed by atoms with Crippen molar-refractivity contribution in [2.45, 2.75) is 32.4 Å². The van der Waals surface area contributed by atoms with Gasteiger partial charge < -0.3 is 10.5 Å². The monoisotopic (exact) mass is 263 g/mol. The molecule has 0 amide bonds. The van der Waals surface area contributed by atoms with E-state index < -0.39 is 17.2 Å². The van der Waals surface area contributed by atoms with Gasteiger partial charge in [-0.3, -0.25) is 0 Å². The van der Waals surface area contributed by atoms with Crippen LogP contribution in [0, 0.1) is 11.6 Å². The minimum Gasteiger partial charge on any atom is -0.380 e. The Balaban J connectivity index is 3.19. The summed E-state index contributed by atoms with van der Waals surface area (Å²) in [7, 11) is 1.39. The standard InChI is InChI=1S/C12H16ClF2NO/c1-12(2,16)5-7-4-9(13)8(6-17-3)11(15)10(7)14/h4H,5-6,16H2,1-3H3. The predicted molar refractivity (Wildman–Crippen MR) is 64.1 cm³/mol. The van der Waals surface area contributed by atoms with Gasteiger partial charge in [-0.2, -0.15) is 0 Å². The highest BCUT2D eigenvalue weighted by atomic mass is 35.5. The van der Waals surface area contributed by atoms with E-state index in [4.69, 9.17) is 22.1 Å². The van der Waals surface area contributed by atoms with E-state index >= 15 is 0 Å². The van der Waals surface area contributed by atoms with E-state index in [0.29, 0.717) is 0 Å². The summed E-state index contributed by atoms with van der Waals surface area (Å²) in [5.41, 5.74) is 5.36. The fourth-order valence-electron chi connectivity index (χ4n) is 1.58. The lowest BCUT2D eigenvalue weighted by molar-refractivity contribution is 0.180. The van der Waals surface area contributed by atoms with Crippen molar-refractivity contribution in [3.63, 3.8) is 0 Å². The molecule has 17 heavy (non-hydrogen) atoms. The molecule has 0 aromatic heterocycles.